The van der Waals surface area contributed by atoms with Gasteiger partial charge in [-0.2, -0.15) is 4.98 Å². The van der Waals surface area contributed by atoms with E-state index >= 15 is 0 Å². The van der Waals surface area contributed by atoms with Crippen molar-refractivity contribution >= 4 is 80.8 Å². The molecular weight excluding hydrogens is 713 g/mol. The van der Waals surface area contributed by atoms with Gasteiger partial charge in [-0.15, -0.1) is 0 Å². The molecule has 2 aromatic heterocycles. The van der Waals surface area contributed by atoms with Crippen LogP contribution in [0.15, 0.2) is 53.5 Å². The number of hydrogen-bond donors (Lipinski definition) is 4. The van der Waals surface area contributed by atoms with E-state index in [9.17, 15) is 0 Å². The number of allylic oxidation sites excluding steroid dienone is 1. The van der Waals surface area contributed by atoms with Crippen molar-refractivity contribution in [2.75, 3.05) is 89.3 Å². The van der Waals surface area contributed by atoms with Crippen LogP contribution in [0.1, 0.15) is 18.4 Å². The van der Waals surface area contributed by atoms with Gasteiger partial charge in [-0.3, -0.25) is 14.9 Å². The zero-order valence-electron chi connectivity index (χ0n) is 29.3. The second-order valence-corrected chi connectivity index (χ2v) is 16.9. The molecule has 1 spiro atoms. The molecule has 5 heterocycles. The fourth-order valence-corrected chi connectivity index (χ4v) is 9.36. The monoisotopic (exact) mass is 757 g/mol. The topological polar surface area (TPSA) is 130 Å². The van der Waals surface area contributed by atoms with Gasteiger partial charge in [0.05, 0.1) is 28.3 Å². The van der Waals surface area contributed by atoms with Crippen molar-refractivity contribution in [2.45, 2.75) is 18.9 Å². The van der Waals surface area contributed by atoms with Gasteiger partial charge in [-0.1, -0.05) is 7.92 Å². The Hall–Kier alpha value is -3.90. The van der Waals surface area contributed by atoms with Crippen LogP contribution in [-0.4, -0.2) is 116 Å². The number of anilines is 5. The van der Waals surface area contributed by atoms with Gasteiger partial charge < -0.3 is 35.9 Å². The van der Waals surface area contributed by atoms with Crippen LogP contribution in [0.2, 0.25) is 0 Å². The lowest BCUT2D eigenvalue weighted by molar-refractivity contribution is -0.123. The first-order valence-corrected chi connectivity index (χ1v) is 20.0. The Morgan fingerprint density at radius 1 is 1.04 bits per heavy atom. The Morgan fingerprint density at radius 2 is 1.80 bits per heavy atom. The normalized spacial score (nSPS) is 18.2. The standard InChI is InChI=1S/C36H45BrN11OP/c1-39-17-23(16-38)25-14-29(31(49-3)15-30(25)47-12-8-24(9-13-47)48-21-36(22-48)19-46(2)20-36)44-35-42-18-26(37)34(45-35)43-28-7-6-27-32(33(28)50(4)5)41-11-10-40-27/h6-7,10-11,14-18,24,38-39H,8-9,12-13,19-22H2,1-5H3,(H2,42,43,44,45)/b23-17+,38-16?. The molecule has 50 heavy (non-hydrogen) atoms. The van der Waals surface area contributed by atoms with Crippen molar-refractivity contribution in [3.63, 3.8) is 0 Å². The summed E-state index contributed by atoms with van der Waals surface area (Å²) in [6.45, 7) is 11.3. The average molecular weight is 759 g/mol. The maximum absolute atomic E-state index is 8.29. The molecule has 262 valence electrons. The van der Waals surface area contributed by atoms with Crippen LogP contribution in [0, 0.1) is 10.8 Å². The summed E-state index contributed by atoms with van der Waals surface area (Å²) in [4.78, 5) is 26.2. The van der Waals surface area contributed by atoms with E-state index in [0.29, 0.717) is 34.7 Å². The molecule has 4 aromatic rings. The van der Waals surface area contributed by atoms with Crippen molar-refractivity contribution in [3.8, 4) is 5.75 Å². The lowest BCUT2D eigenvalue weighted by Gasteiger charge is -2.62. The van der Waals surface area contributed by atoms with E-state index < -0.39 is 7.92 Å². The van der Waals surface area contributed by atoms with Crippen molar-refractivity contribution < 1.29 is 4.74 Å². The minimum atomic E-state index is -0.500. The second-order valence-electron chi connectivity index (χ2n) is 13.8. The van der Waals surface area contributed by atoms with Crippen LogP contribution in [-0.2, 0) is 0 Å². The molecule has 3 fully saturated rings. The van der Waals surface area contributed by atoms with Gasteiger partial charge in [-0.05, 0) is 67.3 Å². The average Bonchev–Trinajstić information content (AvgIpc) is 3.09. The minimum absolute atomic E-state index is 0.407. The summed E-state index contributed by atoms with van der Waals surface area (Å²) >= 11 is 3.65. The highest BCUT2D eigenvalue weighted by Crippen LogP contribution is 2.43. The van der Waals surface area contributed by atoms with Crippen LogP contribution in [0.4, 0.5) is 28.8 Å². The molecule has 4 N–H and O–H groups in total. The number of likely N-dealkylation sites (tertiary alicyclic amines) is 2. The number of ether oxygens (including phenoxy) is 1. The van der Waals surface area contributed by atoms with E-state index in [2.05, 4.69) is 88.0 Å². The van der Waals surface area contributed by atoms with Crippen LogP contribution < -0.4 is 30.9 Å². The van der Waals surface area contributed by atoms with Crippen LogP contribution >= 0.6 is 23.9 Å². The smallest absolute Gasteiger partial charge is 0.229 e. The van der Waals surface area contributed by atoms with Gasteiger partial charge in [0.15, 0.2) is 0 Å². The number of benzene rings is 2. The van der Waals surface area contributed by atoms with Crippen molar-refractivity contribution in [1.29, 1.82) is 5.41 Å². The summed E-state index contributed by atoms with van der Waals surface area (Å²) in [5.74, 6) is 1.71. The summed E-state index contributed by atoms with van der Waals surface area (Å²) in [5, 5.41) is 19.5. The van der Waals surface area contributed by atoms with Crippen molar-refractivity contribution in [2.24, 2.45) is 5.41 Å². The van der Waals surface area contributed by atoms with E-state index in [0.717, 1.165) is 69.3 Å². The Kier molecular flexibility index (Phi) is 9.93. The number of nitrogens with one attached hydrogen (secondary N) is 4. The zero-order valence-corrected chi connectivity index (χ0v) is 31.8. The third-order valence-electron chi connectivity index (χ3n) is 10.00. The molecule has 0 unspecified atom stereocenters. The van der Waals surface area contributed by atoms with E-state index in [1.165, 1.54) is 32.4 Å². The maximum Gasteiger partial charge on any atom is 0.229 e. The molecule has 3 aliphatic heterocycles. The second kappa shape index (κ2) is 14.4. The zero-order chi connectivity index (χ0) is 35.0. The first-order valence-electron chi connectivity index (χ1n) is 17.0. The molecule has 7 rings (SSSR count). The number of methoxy groups -OCH3 is 1. The van der Waals surface area contributed by atoms with Gasteiger partial charge in [0, 0.05) is 123 Å². The summed E-state index contributed by atoms with van der Waals surface area (Å²) in [6.07, 6.45) is 10.7. The van der Waals surface area contributed by atoms with Gasteiger partial charge in [0.25, 0.3) is 0 Å². The molecule has 12 nitrogen and oxygen atoms in total. The highest BCUT2D eigenvalue weighted by atomic mass is 79.9. The summed E-state index contributed by atoms with van der Waals surface area (Å²) < 4.78 is 6.69. The first-order chi connectivity index (χ1) is 24.2. The third-order valence-corrected chi connectivity index (χ3v) is 11.9. The molecule has 3 aliphatic rings. The lowest BCUT2D eigenvalue weighted by Crippen LogP contribution is -2.73. The van der Waals surface area contributed by atoms with Gasteiger partial charge in [0.2, 0.25) is 5.95 Å². The van der Waals surface area contributed by atoms with E-state index in [4.69, 9.17) is 15.1 Å². The Bertz CT molecular complexity index is 1920. The maximum atomic E-state index is 8.29. The van der Waals surface area contributed by atoms with Gasteiger partial charge in [0.1, 0.15) is 11.6 Å². The van der Waals surface area contributed by atoms with Crippen LogP contribution in [0.5, 0.6) is 5.75 Å². The van der Waals surface area contributed by atoms with E-state index in [-0.39, 0.29) is 0 Å². The fraction of sp³-hybridized carbons (Fsp3) is 0.417. The molecule has 0 aliphatic carbocycles. The van der Waals surface area contributed by atoms with E-state index in [1.807, 2.05) is 31.4 Å². The molecule has 3 saturated heterocycles. The molecule has 0 radical (unpaired) electrons. The molecule has 14 heteroatoms. The number of aromatic nitrogens is 4. The Balaban J connectivity index is 1.14. The van der Waals surface area contributed by atoms with Crippen molar-refractivity contribution in [1.82, 2.24) is 35.1 Å². The first kappa shape index (κ1) is 34.5. The number of fused-ring (bicyclic) bond motifs is 1. The number of hydrogen-bond acceptors (Lipinski definition) is 12. The fourth-order valence-electron chi connectivity index (χ4n) is 7.86. The molecular formula is C36H45BrN11OP. The molecule has 2 aromatic carbocycles. The molecule has 0 bridgehead atoms. The van der Waals surface area contributed by atoms with Gasteiger partial charge in [-0.25, -0.2) is 4.98 Å². The summed E-state index contributed by atoms with van der Waals surface area (Å²) in [5.41, 5.74) is 6.72. The number of halogens is 1. The molecule has 0 amide bonds. The Morgan fingerprint density at radius 3 is 2.48 bits per heavy atom. The SMILES string of the molecule is CN/C=C(\C=N)c1cc(Nc2ncc(Br)c(Nc3ccc4nccnc4c3P(C)C)n2)c(OC)cc1N1CCC(N2CC3(CN(C)C3)C2)CC1. The minimum Gasteiger partial charge on any atom is -0.494 e. The highest BCUT2D eigenvalue weighted by Gasteiger charge is 2.52. The summed E-state index contributed by atoms with van der Waals surface area (Å²) in [6, 6.07) is 8.76. The third kappa shape index (κ3) is 6.76. The predicted molar refractivity (Wildman–Crippen MR) is 210 cm³/mol. The number of piperidine rings is 1. The highest BCUT2D eigenvalue weighted by molar-refractivity contribution is 9.10. The predicted octanol–water partition coefficient (Wildman–Crippen LogP) is 5.47. The van der Waals surface area contributed by atoms with E-state index in [1.54, 1.807) is 25.7 Å². The summed E-state index contributed by atoms with van der Waals surface area (Å²) in [7, 11) is 5.26. The lowest BCUT2D eigenvalue weighted by atomic mass is 9.72. The molecule has 0 saturated carbocycles. The molecule has 0 atom stereocenters. The van der Waals surface area contributed by atoms with Crippen LogP contribution in [0.3, 0.4) is 0 Å². The largest absolute Gasteiger partial charge is 0.494 e. The number of rotatable bonds is 11. The Labute approximate surface area is 303 Å². The van der Waals surface area contributed by atoms with Crippen molar-refractivity contribution in [3.05, 3.63) is 59.1 Å². The van der Waals surface area contributed by atoms with Crippen LogP contribution in [0.25, 0.3) is 16.6 Å². The van der Waals surface area contributed by atoms with Gasteiger partial charge >= 0.3 is 0 Å². The number of nitrogens with zero attached hydrogens (tertiary/aromatic N) is 7. The quantitative estimate of drug-likeness (QED) is 0.115.